The fourth-order valence-electron chi connectivity index (χ4n) is 3.26. The molecule has 3 heterocycles. The molecule has 5 nitrogen and oxygen atoms in total. The Morgan fingerprint density at radius 2 is 1.96 bits per heavy atom. The van der Waals surface area contributed by atoms with Crippen LogP contribution in [0.3, 0.4) is 0 Å². The number of aromatic nitrogens is 4. The molecule has 0 unspecified atom stereocenters. The first-order chi connectivity index (χ1) is 13.0. The van der Waals surface area contributed by atoms with Crippen LogP contribution in [0.15, 0.2) is 42.7 Å². The third-order valence-electron chi connectivity index (χ3n) is 4.69. The minimum atomic E-state index is -0.235. The van der Waals surface area contributed by atoms with Crippen LogP contribution in [0.1, 0.15) is 31.0 Å². The highest BCUT2D eigenvalue weighted by atomic mass is 19.1. The molecule has 3 aromatic heterocycles. The van der Waals surface area contributed by atoms with Crippen molar-refractivity contribution in [3.05, 3.63) is 71.2 Å². The van der Waals surface area contributed by atoms with Crippen LogP contribution in [0.4, 0.5) is 10.2 Å². The van der Waals surface area contributed by atoms with Gasteiger partial charge in [-0.2, -0.15) is 5.10 Å². The number of nitrogens with zero attached hydrogens (tertiary/aromatic N) is 4. The molecule has 0 bridgehead atoms. The molecule has 0 aliphatic heterocycles. The van der Waals surface area contributed by atoms with E-state index in [-0.39, 0.29) is 11.7 Å². The lowest BCUT2D eigenvalue weighted by Gasteiger charge is -2.09. The van der Waals surface area contributed by atoms with Crippen molar-refractivity contribution in [2.45, 2.75) is 26.7 Å². The molecule has 0 radical (unpaired) electrons. The van der Waals surface area contributed by atoms with Gasteiger partial charge in [-0.3, -0.25) is 5.10 Å². The van der Waals surface area contributed by atoms with E-state index in [9.17, 15) is 4.39 Å². The summed E-state index contributed by atoms with van der Waals surface area (Å²) in [5, 5.41) is 7.68. The van der Waals surface area contributed by atoms with E-state index < -0.39 is 0 Å². The number of imidazole rings is 1. The number of aryl methyl sites for hydroxylation is 1. The van der Waals surface area contributed by atoms with E-state index in [2.05, 4.69) is 33.9 Å². The van der Waals surface area contributed by atoms with Crippen molar-refractivity contribution < 1.29 is 4.39 Å². The molecular weight excluding hydrogens is 341 g/mol. The first kappa shape index (κ1) is 17.0. The molecule has 0 aliphatic carbocycles. The molecule has 0 spiro atoms. The van der Waals surface area contributed by atoms with Gasteiger partial charge in [0.25, 0.3) is 5.82 Å². The van der Waals surface area contributed by atoms with E-state index in [1.54, 1.807) is 29.7 Å². The van der Waals surface area contributed by atoms with Crippen molar-refractivity contribution in [2.24, 2.45) is 0 Å². The zero-order valence-corrected chi connectivity index (χ0v) is 15.3. The highest BCUT2D eigenvalue weighted by Gasteiger charge is 2.21. The minimum absolute atomic E-state index is 0.224. The lowest BCUT2D eigenvalue weighted by atomic mass is 9.95. The molecule has 1 N–H and O–H groups in total. The second kappa shape index (κ2) is 6.36. The molecule has 0 atom stereocenters. The molecule has 6 heteroatoms. The summed E-state index contributed by atoms with van der Waals surface area (Å²) in [6, 6.07) is 8.88. The SMILES string of the molecule is [C-]#[N+]c1cnc2ccc(-c3c(-c4ccc(F)c(C)c4)n[nH]c3C(C)C)cn12. The summed E-state index contributed by atoms with van der Waals surface area (Å²) in [4.78, 5) is 7.78. The third kappa shape index (κ3) is 2.77. The summed E-state index contributed by atoms with van der Waals surface area (Å²) in [6.07, 6.45) is 3.47. The number of fused-ring (bicyclic) bond motifs is 1. The van der Waals surface area contributed by atoms with Crippen LogP contribution < -0.4 is 0 Å². The average molecular weight is 359 g/mol. The first-order valence-electron chi connectivity index (χ1n) is 8.69. The minimum Gasteiger partial charge on any atom is -0.362 e. The van der Waals surface area contributed by atoms with Gasteiger partial charge in [0.2, 0.25) is 5.65 Å². The number of H-pyrrole nitrogens is 1. The van der Waals surface area contributed by atoms with Gasteiger partial charge in [-0.05, 0) is 42.7 Å². The zero-order chi connectivity index (χ0) is 19.1. The Balaban J connectivity index is 1.97. The Morgan fingerprint density at radius 3 is 2.67 bits per heavy atom. The molecule has 134 valence electrons. The van der Waals surface area contributed by atoms with Crippen molar-refractivity contribution in [2.75, 3.05) is 0 Å². The zero-order valence-electron chi connectivity index (χ0n) is 15.3. The molecule has 4 aromatic rings. The second-order valence-electron chi connectivity index (χ2n) is 6.85. The first-order valence-corrected chi connectivity index (χ1v) is 8.69. The van der Waals surface area contributed by atoms with Crippen LogP contribution in [0, 0.1) is 19.3 Å². The van der Waals surface area contributed by atoms with Gasteiger partial charge >= 0.3 is 0 Å². The van der Waals surface area contributed by atoms with Crippen LogP contribution >= 0.6 is 0 Å². The number of hydrogen-bond donors (Lipinski definition) is 1. The fraction of sp³-hybridized carbons (Fsp3) is 0.190. The lowest BCUT2D eigenvalue weighted by molar-refractivity contribution is 0.619. The quantitative estimate of drug-likeness (QED) is 0.490. The van der Waals surface area contributed by atoms with Crippen molar-refractivity contribution in [3.63, 3.8) is 0 Å². The van der Waals surface area contributed by atoms with E-state index in [1.807, 2.05) is 18.3 Å². The van der Waals surface area contributed by atoms with Gasteiger partial charge in [0.1, 0.15) is 11.5 Å². The number of halogens is 1. The lowest BCUT2D eigenvalue weighted by Crippen LogP contribution is -1.94. The summed E-state index contributed by atoms with van der Waals surface area (Å²) in [5.41, 5.74) is 5.80. The molecule has 0 saturated heterocycles. The van der Waals surface area contributed by atoms with Crippen molar-refractivity contribution in [1.29, 1.82) is 0 Å². The average Bonchev–Trinajstić information content (AvgIpc) is 3.27. The van der Waals surface area contributed by atoms with E-state index in [0.717, 1.165) is 33.7 Å². The molecule has 4 rings (SSSR count). The normalized spacial score (nSPS) is 11.3. The summed E-state index contributed by atoms with van der Waals surface area (Å²) in [6.45, 7) is 13.3. The van der Waals surface area contributed by atoms with Gasteiger partial charge in [0, 0.05) is 28.5 Å². The van der Waals surface area contributed by atoms with Gasteiger partial charge in [-0.15, -0.1) is 0 Å². The van der Waals surface area contributed by atoms with E-state index >= 15 is 0 Å². The largest absolute Gasteiger partial charge is 0.362 e. The highest BCUT2D eigenvalue weighted by molar-refractivity contribution is 5.83. The van der Waals surface area contributed by atoms with Crippen LogP contribution in [0.25, 0.3) is 32.9 Å². The predicted octanol–water partition coefficient (Wildman–Crippen LogP) is 5.51. The number of aromatic amines is 1. The monoisotopic (exact) mass is 359 g/mol. The number of nitrogens with one attached hydrogen (secondary N) is 1. The summed E-state index contributed by atoms with van der Waals surface area (Å²) in [5.74, 6) is 0.448. The Labute approximate surface area is 156 Å². The van der Waals surface area contributed by atoms with E-state index in [0.29, 0.717) is 11.4 Å². The maximum atomic E-state index is 13.7. The summed E-state index contributed by atoms with van der Waals surface area (Å²) < 4.78 is 15.5. The Kier molecular flexibility index (Phi) is 4.00. The summed E-state index contributed by atoms with van der Waals surface area (Å²) in [7, 11) is 0. The molecule has 0 fully saturated rings. The van der Waals surface area contributed by atoms with Crippen LogP contribution in [0.2, 0.25) is 0 Å². The van der Waals surface area contributed by atoms with Gasteiger partial charge < -0.3 is 4.85 Å². The number of hydrogen-bond acceptors (Lipinski definition) is 2. The van der Waals surface area contributed by atoms with Crippen molar-refractivity contribution >= 4 is 11.5 Å². The predicted molar refractivity (Wildman–Crippen MR) is 103 cm³/mol. The molecule has 0 aliphatic rings. The van der Waals surface area contributed by atoms with Gasteiger partial charge in [0.15, 0.2) is 0 Å². The Hall–Kier alpha value is -3.46. The maximum absolute atomic E-state index is 13.7. The summed E-state index contributed by atoms with van der Waals surface area (Å²) >= 11 is 0. The van der Waals surface area contributed by atoms with Crippen LogP contribution in [0.5, 0.6) is 0 Å². The van der Waals surface area contributed by atoms with E-state index in [1.165, 1.54) is 6.07 Å². The molecular formula is C21H18FN5. The second-order valence-corrected chi connectivity index (χ2v) is 6.85. The van der Waals surface area contributed by atoms with Crippen molar-refractivity contribution in [1.82, 2.24) is 19.6 Å². The topological polar surface area (TPSA) is 50.3 Å². The van der Waals surface area contributed by atoms with E-state index in [4.69, 9.17) is 6.57 Å². The van der Waals surface area contributed by atoms with Crippen LogP contribution in [-0.4, -0.2) is 19.6 Å². The van der Waals surface area contributed by atoms with Gasteiger partial charge in [-0.1, -0.05) is 20.4 Å². The van der Waals surface area contributed by atoms with Gasteiger partial charge in [0.05, 0.1) is 12.4 Å². The number of pyridine rings is 1. The number of benzene rings is 1. The van der Waals surface area contributed by atoms with Gasteiger partial charge in [-0.25, -0.2) is 13.8 Å². The Bertz CT molecular complexity index is 1190. The molecule has 1 aromatic carbocycles. The maximum Gasteiger partial charge on any atom is 0.254 e. The third-order valence-corrected chi connectivity index (χ3v) is 4.69. The number of rotatable bonds is 3. The van der Waals surface area contributed by atoms with Crippen molar-refractivity contribution in [3.8, 4) is 22.4 Å². The van der Waals surface area contributed by atoms with Crippen LogP contribution in [-0.2, 0) is 0 Å². The molecule has 27 heavy (non-hydrogen) atoms. The smallest absolute Gasteiger partial charge is 0.254 e. The fourth-order valence-corrected chi connectivity index (χ4v) is 3.26. The molecule has 0 amide bonds. The highest BCUT2D eigenvalue weighted by Crippen LogP contribution is 2.37. The standard InChI is InChI=1S/C21H18FN5/c1-12(2)20-19(15-6-8-17-24-10-18(23-4)27(17)11-15)21(26-25-20)14-5-7-16(22)13(3)9-14/h5-12H,1-3H3,(H,25,26). The Morgan fingerprint density at radius 1 is 1.19 bits per heavy atom. The molecule has 0 saturated carbocycles.